The summed E-state index contributed by atoms with van der Waals surface area (Å²) in [6, 6.07) is 82.2. The van der Waals surface area contributed by atoms with Gasteiger partial charge in [-0.05, 0) is 141 Å². The maximum atomic E-state index is 3.93. The fourth-order valence-corrected chi connectivity index (χ4v) is 7.81. The fraction of sp³-hybridized carbons (Fsp3) is 0. The molecule has 0 bridgehead atoms. The van der Waals surface area contributed by atoms with Crippen molar-refractivity contribution >= 4 is 46.3 Å². The summed E-state index contributed by atoms with van der Waals surface area (Å²) in [6.45, 7) is 7.85. The van der Waals surface area contributed by atoms with Crippen molar-refractivity contribution in [2.24, 2.45) is 0 Å². The largest absolute Gasteiger partial charge is 0.311 e. The minimum absolute atomic E-state index is 1.08. The second-order valence-corrected chi connectivity index (χ2v) is 14.8. The predicted molar refractivity (Wildman–Crippen MR) is 258 cm³/mol. The highest BCUT2D eigenvalue weighted by Gasteiger charge is 2.16. The van der Waals surface area contributed by atoms with E-state index in [2.05, 4.69) is 253 Å². The van der Waals surface area contributed by atoms with Crippen LogP contribution in [-0.2, 0) is 0 Å². The number of hydrogen-bond donors (Lipinski definition) is 0. The van der Waals surface area contributed by atoms with E-state index in [1.807, 2.05) is 12.2 Å². The molecular weight excluding hydrogens is 725 g/mol. The highest BCUT2D eigenvalue weighted by molar-refractivity contribution is 5.83. The first-order valence-electron chi connectivity index (χ1n) is 20.3. The zero-order valence-electron chi connectivity index (χ0n) is 33.4. The molecule has 0 spiro atoms. The third-order valence-electron chi connectivity index (χ3n) is 11.0. The van der Waals surface area contributed by atoms with Gasteiger partial charge in [0.2, 0.25) is 0 Å². The maximum absolute atomic E-state index is 3.93. The smallest absolute Gasteiger partial charge is 0.0463 e. The molecule has 0 aliphatic heterocycles. The SMILES string of the molecule is C=Cc1cccc(-c2ccc(-c3ccc(N(c4ccccc4)c4ccc(N(c5ccccc5)c5ccc(-c6ccc(-c7cccc(C=C)c7)cc6)cc5)cc4)cc3)cc2)c1. The van der Waals surface area contributed by atoms with Gasteiger partial charge in [-0.15, -0.1) is 0 Å². The van der Waals surface area contributed by atoms with Crippen LogP contribution in [0.3, 0.4) is 0 Å². The summed E-state index contributed by atoms with van der Waals surface area (Å²) in [7, 11) is 0. The summed E-state index contributed by atoms with van der Waals surface area (Å²) < 4.78 is 0. The lowest BCUT2D eigenvalue weighted by molar-refractivity contribution is 1.26. The van der Waals surface area contributed by atoms with Gasteiger partial charge in [-0.2, -0.15) is 0 Å². The van der Waals surface area contributed by atoms with Crippen LogP contribution in [0.15, 0.2) is 244 Å². The molecule has 0 unspecified atom stereocenters. The van der Waals surface area contributed by atoms with Crippen LogP contribution in [0.2, 0.25) is 0 Å². The highest BCUT2D eigenvalue weighted by Crippen LogP contribution is 2.40. The second-order valence-electron chi connectivity index (χ2n) is 14.8. The van der Waals surface area contributed by atoms with Gasteiger partial charge in [0, 0.05) is 34.1 Å². The van der Waals surface area contributed by atoms with Gasteiger partial charge in [0.05, 0.1) is 0 Å². The Hall–Kier alpha value is -7.94. The van der Waals surface area contributed by atoms with Gasteiger partial charge in [0.15, 0.2) is 0 Å². The summed E-state index contributed by atoms with van der Waals surface area (Å²) in [4.78, 5) is 4.62. The van der Waals surface area contributed by atoms with Gasteiger partial charge < -0.3 is 9.80 Å². The lowest BCUT2D eigenvalue weighted by atomic mass is 9.99. The average molecular weight is 769 g/mol. The molecule has 0 N–H and O–H groups in total. The van der Waals surface area contributed by atoms with Gasteiger partial charge in [-0.25, -0.2) is 0 Å². The van der Waals surface area contributed by atoms with E-state index < -0.39 is 0 Å². The molecule has 0 amide bonds. The first-order chi connectivity index (χ1) is 29.6. The molecule has 0 saturated heterocycles. The first kappa shape index (κ1) is 37.6. The van der Waals surface area contributed by atoms with Crippen molar-refractivity contribution in [3.8, 4) is 44.5 Å². The minimum Gasteiger partial charge on any atom is -0.311 e. The van der Waals surface area contributed by atoms with E-state index in [0.717, 1.165) is 45.3 Å². The predicted octanol–water partition coefficient (Wildman–Crippen LogP) is 16.6. The Kier molecular flexibility index (Phi) is 10.8. The molecule has 0 fully saturated rings. The topological polar surface area (TPSA) is 6.48 Å². The van der Waals surface area contributed by atoms with Gasteiger partial charge in [-0.1, -0.05) is 171 Å². The molecule has 0 aliphatic carbocycles. The molecule has 0 aliphatic rings. The molecule has 0 saturated carbocycles. The van der Waals surface area contributed by atoms with Crippen LogP contribution in [0.4, 0.5) is 34.1 Å². The molecule has 0 atom stereocenters. The Morgan fingerprint density at radius 2 is 0.483 bits per heavy atom. The molecule has 9 aromatic carbocycles. The van der Waals surface area contributed by atoms with Crippen molar-refractivity contribution in [2.75, 3.05) is 9.80 Å². The zero-order chi connectivity index (χ0) is 40.7. The molecular formula is C58H44N2. The molecule has 60 heavy (non-hydrogen) atoms. The standard InChI is InChI=1S/C58H44N2/c1-3-43-13-11-15-51(41-43)49-25-21-45(22-26-49)47-29-33-55(34-30-47)59(53-17-7-5-8-18-53)57-37-39-58(40-38-57)60(54-19-9-6-10-20-54)56-35-31-48(32-36-56)46-23-27-50(28-24-46)52-16-12-14-44(4-2)42-52/h3-42H,1-2H2. The normalized spacial score (nSPS) is 10.8. The van der Waals surface area contributed by atoms with Crippen molar-refractivity contribution in [2.45, 2.75) is 0 Å². The van der Waals surface area contributed by atoms with E-state index in [1.165, 1.54) is 44.5 Å². The van der Waals surface area contributed by atoms with E-state index in [4.69, 9.17) is 0 Å². The van der Waals surface area contributed by atoms with Gasteiger partial charge >= 0.3 is 0 Å². The van der Waals surface area contributed by atoms with Crippen LogP contribution in [-0.4, -0.2) is 0 Å². The van der Waals surface area contributed by atoms with E-state index in [1.54, 1.807) is 0 Å². The average Bonchev–Trinajstić information content (AvgIpc) is 3.33. The number of para-hydroxylation sites is 2. The Bertz CT molecular complexity index is 2640. The van der Waals surface area contributed by atoms with E-state index >= 15 is 0 Å². The van der Waals surface area contributed by atoms with Crippen LogP contribution in [0.25, 0.3) is 56.7 Å². The van der Waals surface area contributed by atoms with E-state index in [-0.39, 0.29) is 0 Å². The zero-order valence-corrected chi connectivity index (χ0v) is 33.4. The third kappa shape index (κ3) is 8.09. The van der Waals surface area contributed by atoms with Crippen LogP contribution in [0.1, 0.15) is 11.1 Å². The van der Waals surface area contributed by atoms with Crippen LogP contribution in [0.5, 0.6) is 0 Å². The second kappa shape index (κ2) is 17.3. The molecule has 9 rings (SSSR count). The monoisotopic (exact) mass is 768 g/mol. The Balaban J connectivity index is 0.984. The highest BCUT2D eigenvalue weighted by atomic mass is 15.2. The molecule has 2 heteroatoms. The van der Waals surface area contributed by atoms with Crippen molar-refractivity contribution in [1.29, 1.82) is 0 Å². The van der Waals surface area contributed by atoms with Crippen LogP contribution in [0, 0.1) is 0 Å². The molecule has 0 radical (unpaired) electrons. The molecule has 2 nitrogen and oxygen atoms in total. The van der Waals surface area contributed by atoms with Crippen molar-refractivity contribution < 1.29 is 0 Å². The lowest BCUT2D eigenvalue weighted by Crippen LogP contribution is -2.12. The lowest BCUT2D eigenvalue weighted by Gasteiger charge is -2.28. The van der Waals surface area contributed by atoms with Gasteiger partial charge in [0.25, 0.3) is 0 Å². The van der Waals surface area contributed by atoms with Gasteiger partial charge in [0.1, 0.15) is 0 Å². The van der Waals surface area contributed by atoms with E-state index in [9.17, 15) is 0 Å². The van der Waals surface area contributed by atoms with Crippen LogP contribution >= 0.6 is 0 Å². The summed E-state index contributed by atoms with van der Waals surface area (Å²) in [5.74, 6) is 0. The molecule has 0 heterocycles. The number of hydrogen-bond acceptors (Lipinski definition) is 2. The number of benzene rings is 9. The molecule has 286 valence electrons. The van der Waals surface area contributed by atoms with Crippen molar-refractivity contribution in [3.05, 3.63) is 255 Å². The minimum atomic E-state index is 1.08. The Morgan fingerprint density at radius 3 is 0.783 bits per heavy atom. The quantitative estimate of drug-likeness (QED) is 0.122. The van der Waals surface area contributed by atoms with Crippen LogP contribution < -0.4 is 9.80 Å². The summed E-state index contributed by atoms with van der Waals surface area (Å²) in [5.41, 5.74) is 18.2. The molecule has 0 aromatic heterocycles. The van der Waals surface area contributed by atoms with Crippen molar-refractivity contribution in [3.63, 3.8) is 0 Å². The summed E-state index contributed by atoms with van der Waals surface area (Å²) in [5, 5.41) is 0. The maximum Gasteiger partial charge on any atom is 0.0463 e. The first-order valence-corrected chi connectivity index (χ1v) is 20.3. The van der Waals surface area contributed by atoms with Gasteiger partial charge in [-0.3, -0.25) is 0 Å². The Morgan fingerprint density at radius 1 is 0.233 bits per heavy atom. The third-order valence-corrected chi connectivity index (χ3v) is 11.0. The summed E-state index contributed by atoms with van der Waals surface area (Å²) >= 11 is 0. The number of anilines is 6. The number of nitrogens with zero attached hydrogens (tertiary/aromatic N) is 2. The fourth-order valence-electron chi connectivity index (χ4n) is 7.81. The number of rotatable bonds is 12. The molecule has 9 aromatic rings. The van der Waals surface area contributed by atoms with Crippen molar-refractivity contribution in [1.82, 2.24) is 0 Å². The summed E-state index contributed by atoms with van der Waals surface area (Å²) in [6.07, 6.45) is 3.77. The van der Waals surface area contributed by atoms with E-state index in [0.29, 0.717) is 0 Å². The Labute approximate surface area is 353 Å².